The van der Waals surface area contributed by atoms with Crippen molar-refractivity contribution < 1.29 is 14.3 Å². The van der Waals surface area contributed by atoms with Crippen molar-refractivity contribution in [1.82, 2.24) is 5.32 Å². The van der Waals surface area contributed by atoms with Gasteiger partial charge in [0.25, 0.3) is 5.91 Å². The third-order valence-corrected chi connectivity index (χ3v) is 3.70. The fraction of sp³-hybridized carbons (Fsp3) is 0.316. The van der Waals surface area contributed by atoms with Gasteiger partial charge in [0.05, 0.1) is 13.2 Å². The molecule has 0 unspecified atom stereocenters. The van der Waals surface area contributed by atoms with Gasteiger partial charge in [-0.3, -0.25) is 4.79 Å². The summed E-state index contributed by atoms with van der Waals surface area (Å²) in [5, 5.41) is 2.96. The highest BCUT2D eigenvalue weighted by atomic mass is 16.5. The van der Waals surface area contributed by atoms with Crippen LogP contribution in [0, 0.1) is 13.8 Å². The molecule has 23 heavy (non-hydrogen) atoms. The van der Waals surface area contributed by atoms with E-state index in [9.17, 15) is 4.79 Å². The SMILES string of the molecule is COc1ccc(OCC(=O)N[C@@H](C)c2ccc(C)cc2C)cc1. The van der Waals surface area contributed by atoms with Crippen LogP contribution in [0.4, 0.5) is 0 Å². The first kappa shape index (κ1) is 16.9. The Morgan fingerprint density at radius 1 is 1.09 bits per heavy atom. The van der Waals surface area contributed by atoms with Crippen LogP contribution < -0.4 is 14.8 Å². The normalized spacial score (nSPS) is 11.7. The van der Waals surface area contributed by atoms with Crippen LogP contribution >= 0.6 is 0 Å². The van der Waals surface area contributed by atoms with Crippen LogP contribution in [0.2, 0.25) is 0 Å². The second-order valence-electron chi connectivity index (χ2n) is 5.61. The summed E-state index contributed by atoms with van der Waals surface area (Å²) in [7, 11) is 1.61. The van der Waals surface area contributed by atoms with Gasteiger partial charge in [-0.2, -0.15) is 0 Å². The van der Waals surface area contributed by atoms with Crippen LogP contribution in [-0.2, 0) is 4.79 Å². The Bertz CT molecular complexity index is 665. The molecule has 2 aromatic carbocycles. The number of hydrogen-bond donors (Lipinski definition) is 1. The van der Waals surface area contributed by atoms with Crippen LogP contribution in [-0.4, -0.2) is 19.6 Å². The van der Waals surface area contributed by atoms with Gasteiger partial charge in [-0.05, 0) is 56.2 Å². The lowest BCUT2D eigenvalue weighted by Gasteiger charge is -2.17. The summed E-state index contributed by atoms with van der Waals surface area (Å²) in [5.41, 5.74) is 3.51. The number of benzene rings is 2. The molecule has 0 spiro atoms. The summed E-state index contributed by atoms with van der Waals surface area (Å²) in [6, 6.07) is 13.3. The average Bonchev–Trinajstić information content (AvgIpc) is 2.53. The van der Waals surface area contributed by atoms with E-state index in [-0.39, 0.29) is 18.6 Å². The highest BCUT2D eigenvalue weighted by Crippen LogP contribution is 2.19. The number of ether oxygens (including phenoxy) is 2. The zero-order valence-corrected chi connectivity index (χ0v) is 14.1. The van der Waals surface area contributed by atoms with Crippen molar-refractivity contribution in [2.45, 2.75) is 26.8 Å². The van der Waals surface area contributed by atoms with E-state index in [4.69, 9.17) is 9.47 Å². The lowest BCUT2D eigenvalue weighted by Crippen LogP contribution is -2.31. The second kappa shape index (κ2) is 7.68. The minimum atomic E-state index is -0.145. The second-order valence-corrected chi connectivity index (χ2v) is 5.61. The fourth-order valence-electron chi connectivity index (χ4n) is 2.49. The largest absolute Gasteiger partial charge is 0.497 e. The number of nitrogens with one attached hydrogen (secondary N) is 1. The van der Waals surface area contributed by atoms with Crippen molar-refractivity contribution in [3.05, 3.63) is 59.2 Å². The standard InChI is InChI=1S/C19H23NO3/c1-13-5-10-18(14(2)11-13)15(3)20-19(21)12-23-17-8-6-16(22-4)7-9-17/h5-11,15H,12H2,1-4H3,(H,20,21)/t15-/m0/s1. The van der Waals surface area contributed by atoms with Crippen LogP contribution in [0.15, 0.2) is 42.5 Å². The summed E-state index contributed by atoms with van der Waals surface area (Å²) < 4.78 is 10.6. The lowest BCUT2D eigenvalue weighted by molar-refractivity contribution is -0.123. The van der Waals surface area contributed by atoms with Crippen LogP contribution in [0.1, 0.15) is 29.7 Å². The van der Waals surface area contributed by atoms with E-state index in [0.717, 1.165) is 11.3 Å². The van der Waals surface area contributed by atoms with E-state index < -0.39 is 0 Å². The first-order chi connectivity index (χ1) is 11.0. The van der Waals surface area contributed by atoms with E-state index in [2.05, 4.69) is 37.4 Å². The molecule has 0 saturated carbocycles. The van der Waals surface area contributed by atoms with E-state index in [1.165, 1.54) is 11.1 Å². The molecule has 0 fully saturated rings. The molecule has 1 atom stereocenters. The average molecular weight is 313 g/mol. The Morgan fingerprint density at radius 2 is 1.74 bits per heavy atom. The highest BCUT2D eigenvalue weighted by molar-refractivity contribution is 5.78. The van der Waals surface area contributed by atoms with E-state index in [1.807, 2.05) is 6.92 Å². The number of aryl methyl sites for hydroxylation is 2. The van der Waals surface area contributed by atoms with Gasteiger partial charge in [0.15, 0.2) is 6.61 Å². The molecule has 4 heteroatoms. The van der Waals surface area contributed by atoms with Gasteiger partial charge in [0.1, 0.15) is 11.5 Å². The minimum Gasteiger partial charge on any atom is -0.497 e. The maximum atomic E-state index is 12.0. The van der Waals surface area contributed by atoms with Gasteiger partial charge in [-0.25, -0.2) is 0 Å². The number of methoxy groups -OCH3 is 1. The van der Waals surface area contributed by atoms with Gasteiger partial charge in [-0.15, -0.1) is 0 Å². The molecule has 1 amide bonds. The van der Waals surface area contributed by atoms with Crippen molar-refractivity contribution in [2.24, 2.45) is 0 Å². The molecule has 1 N–H and O–H groups in total. The maximum absolute atomic E-state index is 12.0. The van der Waals surface area contributed by atoms with E-state index in [0.29, 0.717) is 5.75 Å². The Labute approximate surface area is 137 Å². The predicted octanol–water partition coefficient (Wildman–Crippen LogP) is 3.57. The minimum absolute atomic E-state index is 0.0123. The van der Waals surface area contributed by atoms with Crippen LogP contribution in [0.5, 0.6) is 11.5 Å². The number of carbonyl (C=O) groups is 1. The topological polar surface area (TPSA) is 47.6 Å². The molecule has 0 saturated heterocycles. The molecular formula is C19H23NO3. The molecule has 0 aliphatic rings. The smallest absolute Gasteiger partial charge is 0.258 e. The van der Waals surface area contributed by atoms with E-state index >= 15 is 0 Å². The zero-order chi connectivity index (χ0) is 16.8. The molecule has 122 valence electrons. The van der Waals surface area contributed by atoms with Crippen LogP contribution in [0.3, 0.4) is 0 Å². The summed E-state index contributed by atoms with van der Waals surface area (Å²) in [6.45, 7) is 6.08. The van der Waals surface area contributed by atoms with Crippen molar-refractivity contribution in [2.75, 3.05) is 13.7 Å². The lowest BCUT2D eigenvalue weighted by atomic mass is 10.0. The highest BCUT2D eigenvalue weighted by Gasteiger charge is 2.12. The monoisotopic (exact) mass is 313 g/mol. The number of carbonyl (C=O) groups excluding carboxylic acids is 1. The Kier molecular flexibility index (Phi) is 5.63. The molecule has 4 nitrogen and oxygen atoms in total. The molecule has 0 aliphatic heterocycles. The number of rotatable bonds is 6. The first-order valence-corrected chi connectivity index (χ1v) is 7.63. The third kappa shape index (κ3) is 4.74. The quantitative estimate of drug-likeness (QED) is 0.887. The van der Waals surface area contributed by atoms with Crippen molar-refractivity contribution in [1.29, 1.82) is 0 Å². The first-order valence-electron chi connectivity index (χ1n) is 7.63. The Hall–Kier alpha value is -2.49. The molecule has 2 rings (SSSR count). The third-order valence-electron chi connectivity index (χ3n) is 3.70. The Balaban J connectivity index is 1.88. The summed E-state index contributed by atoms with van der Waals surface area (Å²) >= 11 is 0. The van der Waals surface area contributed by atoms with Gasteiger partial charge >= 0.3 is 0 Å². The molecule has 0 bridgehead atoms. The van der Waals surface area contributed by atoms with Gasteiger partial charge in [0.2, 0.25) is 0 Å². The maximum Gasteiger partial charge on any atom is 0.258 e. The number of amides is 1. The van der Waals surface area contributed by atoms with Gasteiger partial charge in [0, 0.05) is 0 Å². The zero-order valence-electron chi connectivity index (χ0n) is 14.1. The van der Waals surface area contributed by atoms with Crippen molar-refractivity contribution >= 4 is 5.91 Å². The fourth-order valence-corrected chi connectivity index (χ4v) is 2.49. The Morgan fingerprint density at radius 3 is 2.35 bits per heavy atom. The van der Waals surface area contributed by atoms with Gasteiger partial charge < -0.3 is 14.8 Å². The number of hydrogen-bond acceptors (Lipinski definition) is 3. The molecule has 0 aliphatic carbocycles. The summed E-state index contributed by atoms with van der Waals surface area (Å²) in [6.07, 6.45) is 0. The molecule has 0 aromatic heterocycles. The molecular weight excluding hydrogens is 290 g/mol. The van der Waals surface area contributed by atoms with Gasteiger partial charge in [-0.1, -0.05) is 23.8 Å². The van der Waals surface area contributed by atoms with Crippen molar-refractivity contribution in [3.8, 4) is 11.5 Å². The summed E-state index contributed by atoms with van der Waals surface area (Å²) in [5.74, 6) is 1.25. The summed E-state index contributed by atoms with van der Waals surface area (Å²) in [4.78, 5) is 12.0. The molecule has 0 heterocycles. The van der Waals surface area contributed by atoms with Crippen molar-refractivity contribution in [3.63, 3.8) is 0 Å². The van der Waals surface area contributed by atoms with Crippen LogP contribution in [0.25, 0.3) is 0 Å². The predicted molar refractivity (Wildman–Crippen MR) is 91.0 cm³/mol. The molecule has 2 aromatic rings. The van der Waals surface area contributed by atoms with E-state index in [1.54, 1.807) is 31.4 Å². The molecule has 0 radical (unpaired) electrons.